The quantitative estimate of drug-likeness (QED) is 0.133. The van der Waals surface area contributed by atoms with Crippen molar-refractivity contribution in [3.63, 3.8) is 0 Å². The van der Waals surface area contributed by atoms with Crippen LogP contribution in [0.4, 0.5) is 0 Å². The van der Waals surface area contributed by atoms with Gasteiger partial charge in [-0.1, -0.05) is 12.2 Å². The molecular formula is C19H32IN5O2. The van der Waals surface area contributed by atoms with Gasteiger partial charge in [0.15, 0.2) is 5.96 Å². The van der Waals surface area contributed by atoms with Gasteiger partial charge in [0, 0.05) is 26.7 Å². The van der Waals surface area contributed by atoms with Gasteiger partial charge in [-0.05, 0) is 51.7 Å². The normalized spacial score (nSPS) is 28.7. The van der Waals surface area contributed by atoms with Crippen molar-refractivity contribution in [1.82, 2.24) is 20.4 Å². The molecule has 2 aliphatic carbocycles. The van der Waals surface area contributed by atoms with Crippen LogP contribution < -0.4 is 10.6 Å². The molecule has 3 aliphatic rings. The maximum absolute atomic E-state index is 12.6. The molecule has 4 atom stereocenters. The van der Waals surface area contributed by atoms with E-state index in [1.165, 1.54) is 4.90 Å². The summed E-state index contributed by atoms with van der Waals surface area (Å²) in [6, 6.07) is 0. The molecule has 0 aromatic heterocycles. The Morgan fingerprint density at radius 2 is 1.67 bits per heavy atom. The van der Waals surface area contributed by atoms with Crippen LogP contribution in [0.1, 0.15) is 19.3 Å². The van der Waals surface area contributed by atoms with Gasteiger partial charge in [-0.25, -0.2) is 0 Å². The number of amides is 2. The average molecular weight is 489 g/mol. The monoisotopic (exact) mass is 489 g/mol. The molecule has 3 rings (SSSR count). The molecule has 1 saturated carbocycles. The number of hydrogen-bond acceptors (Lipinski definition) is 4. The lowest BCUT2D eigenvalue weighted by Gasteiger charge is -2.18. The first kappa shape index (κ1) is 22.1. The maximum atomic E-state index is 12.6. The number of guanidine groups is 1. The zero-order chi connectivity index (χ0) is 18.7. The van der Waals surface area contributed by atoms with E-state index in [1.54, 1.807) is 7.05 Å². The van der Waals surface area contributed by atoms with E-state index in [1.807, 2.05) is 0 Å². The third kappa shape index (κ3) is 4.82. The molecule has 1 saturated heterocycles. The first-order valence-electron chi connectivity index (χ1n) is 9.65. The Labute approximate surface area is 179 Å². The highest BCUT2D eigenvalue weighted by Gasteiger charge is 2.58. The molecule has 2 bridgehead atoms. The minimum Gasteiger partial charge on any atom is -0.356 e. The molecular weight excluding hydrogens is 457 g/mol. The Kier molecular flexibility index (Phi) is 8.08. The smallest absolute Gasteiger partial charge is 0.233 e. The summed E-state index contributed by atoms with van der Waals surface area (Å²) in [4.78, 5) is 33.1. The lowest BCUT2D eigenvalue weighted by Crippen LogP contribution is -2.40. The predicted octanol–water partition coefficient (Wildman–Crippen LogP) is 0.918. The van der Waals surface area contributed by atoms with Crippen LogP contribution in [0.2, 0.25) is 0 Å². The van der Waals surface area contributed by atoms with Crippen molar-refractivity contribution in [2.75, 3.05) is 47.3 Å². The Balaban J connectivity index is 0.00000261. The highest BCUT2D eigenvalue weighted by atomic mass is 127. The zero-order valence-corrected chi connectivity index (χ0v) is 18.8. The number of carbonyl (C=O) groups is 2. The van der Waals surface area contributed by atoms with Gasteiger partial charge in [-0.15, -0.1) is 24.0 Å². The summed E-state index contributed by atoms with van der Waals surface area (Å²) >= 11 is 0. The van der Waals surface area contributed by atoms with E-state index >= 15 is 0 Å². The molecule has 152 valence electrons. The van der Waals surface area contributed by atoms with Crippen molar-refractivity contribution < 1.29 is 9.59 Å². The Hall–Kier alpha value is -1.16. The Morgan fingerprint density at radius 3 is 2.19 bits per heavy atom. The SMILES string of the molecule is CN=C(NCCCN(C)C)NCCCN1C(=O)C2C3C=CC(C3)C2C1=O.I. The van der Waals surface area contributed by atoms with Crippen molar-refractivity contribution in [3.05, 3.63) is 12.2 Å². The predicted molar refractivity (Wildman–Crippen MR) is 117 cm³/mol. The van der Waals surface area contributed by atoms with Crippen molar-refractivity contribution in [3.8, 4) is 0 Å². The summed E-state index contributed by atoms with van der Waals surface area (Å²) in [6.45, 7) is 3.07. The van der Waals surface area contributed by atoms with Crippen LogP contribution in [0.5, 0.6) is 0 Å². The summed E-state index contributed by atoms with van der Waals surface area (Å²) in [7, 11) is 5.87. The van der Waals surface area contributed by atoms with Gasteiger partial charge in [-0.3, -0.25) is 19.5 Å². The van der Waals surface area contributed by atoms with Gasteiger partial charge in [0.2, 0.25) is 11.8 Å². The summed E-state index contributed by atoms with van der Waals surface area (Å²) in [6.07, 6.45) is 7.03. The Bertz CT molecular complexity index is 577. The van der Waals surface area contributed by atoms with Gasteiger partial charge < -0.3 is 15.5 Å². The summed E-state index contributed by atoms with van der Waals surface area (Å²) in [5, 5.41) is 6.53. The van der Waals surface area contributed by atoms with Crippen LogP contribution in [-0.2, 0) is 9.59 Å². The van der Waals surface area contributed by atoms with Gasteiger partial charge in [0.05, 0.1) is 11.8 Å². The van der Waals surface area contributed by atoms with Crippen LogP contribution in [-0.4, -0.2) is 74.9 Å². The number of hydrogen-bond donors (Lipinski definition) is 2. The van der Waals surface area contributed by atoms with Crippen LogP contribution in [0, 0.1) is 23.7 Å². The summed E-state index contributed by atoms with van der Waals surface area (Å²) in [5.74, 6) is 1.26. The zero-order valence-electron chi connectivity index (χ0n) is 16.5. The van der Waals surface area contributed by atoms with Gasteiger partial charge in [0.1, 0.15) is 0 Å². The highest BCUT2D eigenvalue weighted by molar-refractivity contribution is 14.0. The van der Waals surface area contributed by atoms with E-state index in [-0.39, 0.29) is 59.5 Å². The topological polar surface area (TPSA) is 77.0 Å². The highest BCUT2D eigenvalue weighted by Crippen LogP contribution is 2.52. The average Bonchev–Trinajstić information content (AvgIpc) is 3.29. The number of aliphatic imine (C=N–C) groups is 1. The number of imide groups is 1. The fourth-order valence-electron chi connectivity index (χ4n) is 4.45. The molecule has 0 aromatic carbocycles. The van der Waals surface area contributed by atoms with Crippen molar-refractivity contribution in [2.45, 2.75) is 19.3 Å². The maximum Gasteiger partial charge on any atom is 0.233 e. The standard InChI is InChI=1S/C19H31N5O2.HI/c1-20-19(21-8-4-10-23(2)3)22-9-5-11-24-17(25)15-13-6-7-14(12-13)16(15)18(24)26;/h6-7,13-16H,4-5,8-12H2,1-3H3,(H2,20,21,22);1H. The molecule has 0 spiro atoms. The van der Waals surface area contributed by atoms with Crippen molar-refractivity contribution in [1.29, 1.82) is 0 Å². The number of halogens is 1. The van der Waals surface area contributed by atoms with E-state index < -0.39 is 0 Å². The third-order valence-electron chi connectivity index (χ3n) is 5.71. The number of nitrogens with one attached hydrogen (secondary N) is 2. The van der Waals surface area contributed by atoms with Gasteiger partial charge >= 0.3 is 0 Å². The van der Waals surface area contributed by atoms with Crippen molar-refractivity contribution in [2.24, 2.45) is 28.7 Å². The van der Waals surface area contributed by atoms with Crippen molar-refractivity contribution >= 4 is 41.8 Å². The lowest BCUT2D eigenvalue weighted by molar-refractivity contribution is -0.140. The van der Waals surface area contributed by atoms with E-state index in [2.05, 4.69) is 46.8 Å². The number of likely N-dealkylation sites (tertiary alicyclic amines) is 1. The molecule has 2 fully saturated rings. The molecule has 0 radical (unpaired) electrons. The van der Waals surface area contributed by atoms with Crippen LogP contribution in [0.3, 0.4) is 0 Å². The fourth-order valence-corrected chi connectivity index (χ4v) is 4.45. The van der Waals surface area contributed by atoms with E-state index in [0.717, 1.165) is 38.3 Å². The third-order valence-corrected chi connectivity index (χ3v) is 5.71. The van der Waals surface area contributed by atoms with Gasteiger partial charge in [-0.2, -0.15) is 0 Å². The number of fused-ring (bicyclic) bond motifs is 5. The number of nitrogens with zero attached hydrogens (tertiary/aromatic N) is 3. The molecule has 1 heterocycles. The van der Waals surface area contributed by atoms with Crippen LogP contribution in [0.15, 0.2) is 17.1 Å². The summed E-state index contributed by atoms with van der Waals surface area (Å²) < 4.78 is 0. The second-order valence-corrected chi connectivity index (χ2v) is 7.76. The van der Waals surface area contributed by atoms with Gasteiger partial charge in [0.25, 0.3) is 0 Å². The number of carbonyl (C=O) groups excluding carboxylic acids is 2. The first-order valence-corrected chi connectivity index (χ1v) is 9.65. The molecule has 7 nitrogen and oxygen atoms in total. The van der Waals surface area contributed by atoms with E-state index in [9.17, 15) is 9.59 Å². The first-order chi connectivity index (χ1) is 12.5. The second kappa shape index (κ2) is 9.86. The molecule has 27 heavy (non-hydrogen) atoms. The van der Waals surface area contributed by atoms with Crippen LogP contribution in [0.25, 0.3) is 0 Å². The Morgan fingerprint density at radius 1 is 1.11 bits per heavy atom. The van der Waals surface area contributed by atoms with Crippen LogP contribution >= 0.6 is 24.0 Å². The number of allylic oxidation sites excluding steroid dienone is 2. The minimum atomic E-state index is -0.0865. The lowest BCUT2D eigenvalue weighted by atomic mass is 9.85. The molecule has 2 N–H and O–H groups in total. The molecule has 1 aliphatic heterocycles. The largest absolute Gasteiger partial charge is 0.356 e. The molecule has 2 amide bonds. The molecule has 8 heteroatoms. The number of rotatable bonds is 8. The van der Waals surface area contributed by atoms with E-state index in [4.69, 9.17) is 0 Å². The van der Waals surface area contributed by atoms with E-state index in [0.29, 0.717) is 13.1 Å². The molecule has 0 aromatic rings. The molecule has 4 unspecified atom stereocenters. The second-order valence-electron chi connectivity index (χ2n) is 7.76. The fraction of sp³-hybridized carbons (Fsp3) is 0.737. The summed E-state index contributed by atoms with van der Waals surface area (Å²) in [5.41, 5.74) is 0. The minimum absolute atomic E-state index is 0.